The predicted octanol–water partition coefficient (Wildman–Crippen LogP) is 2.93. The number of hydrogen-bond donors (Lipinski definition) is 1. The van der Waals surface area contributed by atoms with Crippen molar-refractivity contribution >= 4 is 26.6 Å². The molecule has 1 fully saturated rings. The molecule has 9 nitrogen and oxygen atoms in total. The van der Waals surface area contributed by atoms with Crippen LogP contribution in [-0.2, 0) is 27.4 Å². The van der Waals surface area contributed by atoms with Gasteiger partial charge in [-0.25, -0.2) is 22.5 Å². The van der Waals surface area contributed by atoms with Crippen molar-refractivity contribution in [1.29, 1.82) is 0 Å². The van der Waals surface area contributed by atoms with Crippen LogP contribution in [0.2, 0.25) is 0 Å². The number of alkyl halides is 1. The Morgan fingerprint density at radius 3 is 2.78 bits per heavy atom. The minimum atomic E-state index is -3.91. The van der Waals surface area contributed by atoms with E-state index in [4.69, 9.17) is 4.74 Å². The number of ether oxygens (including phenoxy) is 1. The van der Waals surface area contributed by atoms with Crippen molar-refractivity contribution in [3.05, 3.63) is 60.7 Å². The highest BCUT2D eigenvalue weighted by Crippen LogP contribution is 2.46. The Morgan fingerprint density at radius 1 is 1.22 bits per heavy atom. The van der Waals surface area contributed by atoms with E-state index in [1.807, 2.05) is 6.07 Å². The Labute approximate surface area is 183 Å². The molecule has 0 saturated heterocycles. The van der Waals surface area contributed by atoms with Gasteiger partial charge in [-0.1, -0.05) is 12.1 Å². The van der Waals surface area contributed by atoms with E-state index >= 15 is 0 Å². The molecule has 0 atom stereocenters. The van der Waals surface area contributed by atoms with Gasteiger partial charge in [-0.15, -0.1) is 0 Å². The molecule has 0 unspecified atom stereocenters. The number of aryl methyl sites for hydroxylation is 1. The van der Waals surface area contributed by atoms with Gasteiger partial charge in [-0.3, -0.25) is 9.40 Å². The number of fused-ring (bicyclic) bond motifs is 1. The van der Waals surface area contributed by atoms with Gasteiger partial charge in [0.05, 0.1) is 35.4 Å². The summed E-state index contributed by atoms with van der Waals surface area (Å²) >= 11 is 0. The largest absolute Gasteiger partial charge is 0.373 e. The lowest BCUT2D eigenvalue weighted by Crippen LogP contribution is -2.44. The molecule has 1 N–H and O–H groups in total. The minimum Gasteiger partial charge on any atom is -0.373 e. The summed E-state index contributed by atoms with van der Waals surface area (Å²) in [5, 5.41) is 9.17. The van der Waals surface area contributed by atoms with Gasteiger partial charge in [-0.05, 0) is 23.8 Å². The fraction of sp³-hybridized carbons (Fsp3) is 0.286. The highest BCUT2D eigenvalue weighted by Gasteiger charge is 2.46. The lowest BCUT2D eigenvalue weighted by atomic mass is 9.73. The van der Waals surface area contributed by atoms with Crippen molar-refractivity contribution in [1.82, 2.24) is 24.5 Å². The average molecular weight is 457 g/mol. The number of rotatable bonds is 6. The van der Waals surface area contributed by atoms with Crippen molar-refractivity contribution in [2.45, 2.75) is 29.5 Å². The molecular formula is C21H21FN6O3S. The van der Waals surface area contributed by atoms with Gasteiger partial charge < -0.3 is 4.74 Å². The normalized spacial score (nSPS) is 20.9. The molecule has 0 aliphatic heterocycles. The Bertz CT molecular complexity index is 1410. The second-order valence-corrected chi connectivity index (χ2v) is 9.53. The van der Waals surface area contributed by atoms with Crippen LogP contribution in [0.3, 0.4) is 0 Å². The van der Waals surface area contributed by atoms with E-state index in [1.54, 1.807) is 55.5 Å². The molecule has 1 saturated carbocycles. The number of hydrogen-bond acceptors (Lipinski definition) is 6. The van der Waals surface area contributed by atoms with E-state index in [2.05, 4.69) is 19.9 Å². The van der Waals surface area contributed by atoms with Crippen LogP contribution in [0.15, 0.2) is 60.0 Å². The van der Waals surface area contributed by atoms with E-state index in [1.165, 1.54) is 17.1 Å². The molecule has 32 heavy (non-hydrogen) atoms. The van der Waals surface area contributed by atoms with E-state index in [9.17, 15) is 12.8 Å². The number of aromatic nitrogens is 5. The molecule has 1 aromatic carbocycles. The van der Waals surface area contributed by atoms with Gasteiger partial charge >= 0.3 is 0 Å². The summed E-state index contributed by atoms with van der Waals surface area (Å²) in [5.41, 5.74) is 1.18. The minimum absolute atomic E-state index is 0.0159. The quantitative estimate of drug-likeness (QED) is 0.478. The third-order valence-corrected chi connectivity index (χ3v) is 7.19. The Kier molecular flexibility index (Phi) is 4.75. The number of nitrogens with zero attached hydrogens (tertiary/aromatic N) is 5. The molecule has 5 rings (SSSR count). The summed E-state index contributed by atoms with van der Waals surface area (Å²) in [6.07, 6.45) is 5.54. The number of para-hydroxylation sites is 1. The molecule has 1 aliphatic rings. The first-order chi connectivity index (χ1) is 15.3. The maximum atomic E-state index is 13.5. The standard InChI is InChI=1S/C21H21FN6O3S/c1-27-20-14(11-24-27)4-3-5-18(20)26-32(29,30)17-12-25-28(13-17)19-8-15(6-7-23-19)21(31-2)9-16(22)10-21/h3-8,11-13,16,26H,9-10H2,1-2H3. The second kappa shape index (κ2) is 7.38. The average Bonchev–Trinajstić information content (AvgIpc) is 3.40. The molecule has 0 bridgehead atoms. The van der Waals surface area contributed by atoms with E-state index < -0.39 is 21.8 Å². The van der Waals surface area contributed by atoms with Crippen molar-refractivity contribution in [3.63, 3.8) is 0 Å². The fourth-order valence-electron chi connectivity index (χ4n) is 4.09. The summed E-state index contributed by atoms with van der Waals surface area (Å²) in [6.45, 7) is 0. The van der Waals surface area contributed by atoms with Crippen molar-refractivity contribution < 1.29 is 17.5 Å². The van der Waals surface area contributed by atoms with Crippen molar-refractivity contribution in [2.24, 2.45) is 7.05 Å². The fourth-order valence-corrected chi connectivity index (χ4v) is 5.09. The van der Waals surface area contributed by atoms with E-state index in [0.29, 0.717) is 17.0 Å². The maximum absolute atomic E-state index is 13.5. The number of halogens is 1. The zero-order valence-corrected chi connectivity index (χ0v) is 18.3. The highest BCUT2D eigenvalue weighted by molar-refractivity contribution is 7.92. The number of methoxy groups -OCH3 is 1. The molecule has 0 radical (unpaired) electrons. The molecule has 1 aliphatic carbocycles. The zero-order chi connectivity index (χ0) is 22.5. The van der Waals surface area contributed by atoms with Crippen LogP contribution in [0.25, 0.3) is 16.7 Å². The summed E-state index contributed by atoms with van der Waals surface area (Å²) in [4.78, 5) is 4.27. The Balaban J connectivity index is 1.45. The van der Waals surface area contributed by atoms with E-state index in [0.717, 1.165) is 10.9 Å². The van der Waals surface area contributed by atoms with E-state index in [-0.39, 0.29) is 17.7 Å². The number of nitrogens with one attached hydrogen (secondary N) is 1. The Hall–Kier alpha value is -3.31. The lowest BCUT2D eigenvalue weighted by molar-refractivity contribution is -0.119. The summed E-state index contributed by atoms with van der Waals surface area (Å²) < 4.78 is 50.7. The van der Waals surface area contributed by atoms with Crippen LogP contribution in [0.4, 0.5) is 10.1 Å². The first kappa shape index (κ1) is 20.6. The van der Waals surface area contributed by atoms with Crippen LogP contribution in [-0.4, -0.2) is 46.2 Å². The molecule has 166 valence electrons. The number of pyridine rings is 1. The third kappa shape index (κ3) is 3.33. The molecule has 3 heterocycles. The van der Waals surface area contributed by atoms with Gasteiger partial charge in [0.15, 0.2) is 5.82 Å². The molecule has 4 aromatic rings. The maximum Gasteiger partial charge on any atom is 0.265 e. The molecular weight excluding hydrogens is 435 g/mol. The molecule has 0 amide bonds. The highest BCUT2D eigenvalue weighted by atomic mass is 32.2. The summed E-state index contributed by atoms with van der Waals surface area (Å²) in [5.74, 6) is 0.413. The predicted molar refractivity (Wildman–Crippen MR) is 116 cm³/mol. The first-order valence-corrected chi connectivity index (χ1v) is 11.4. The van der Waals surface area contributed by atoms with Crippen molar-refractivity contribution in [3.8, 4) is 5.82 Å². The number of benzene rings is 1. The summed E-state index contributed by atoms with van der Waals surface area (Å²) in [7, 11) is -0.606. The van der Waals surface area contributed by atoms with Gasteiger partial charge in [0.2, 0.25) is 0 Å². The van der Waals surface area contributed by atoms with Gasteiger partial charge in [0, 0.05) is 38.6 Å². The lowest BCUT2D eigenvalue weighted by Gasteiger charge is -2.43. The molecule has 11 heteroatoms. The Morgan fingerprint density at radius 2 is 2.03 bits per heavy atom. The third-order valence-electron chi connectivity index (χ3n) is 5.87. The molecule has 0 spiro atoms. The summed E-state index contributed by atoms with van der Waals surface area (Å²) in [6, 6.07) is 8.81. The number of anilines is 1. The monoisotopic (exact) mass is 456 g/mol. The topological polar surface area (TPSA) is 104 Å². The van der Waals surface area contributed by atoms with Crippen LogP contribution in [0.5, 0.6) is 0 Å². The van der Waals surface area contributed by atoms with Crippen molar-refractivity contribution in [2.75, 3.05) is 11.8 Å². The van der Waals surface area contributed by atoms with Crippen LogP contribution in [0, 0.1) is 0 Å². The smallest absolute Gasteiger partial charge is 0.265 e. The first-order valence-electron chi connectivity index (χ1n) is 9.96. The van der Waals surface area contributed by atoms with Gasteiger partial charge in [-0.2, -0.15) is 10.2 Å². The SMILES string of the molecule is COC1(c2ccnc(-n3cc(S(=O)(=O)Nc4cccc5cnn(C)c45)cn3)c2)CC(F)C1. The van der Waals surface area contributed by atoms with Crippen LogP contribution in [0.1, 0.15) is 18.4 Å². The molecule has 3 aromatic heterocycles. The van der Waals surface area contributed by atoms with Crippen LogP contribution < -0.4 is 4.72 Å². The van der Waals surface area contributed by atoms with Gasteiger partial charge in [0.1, 0.15) is 11.1 Å². The van der Waals surface area contributed by atoms with Crippen LogP contribution >= 0.6 is 0 Å². The number of sulfonamides is 1. The van der Waals surface area contributed by atoms with Gasteiger partial charge in [0.25, 0.3) is 10.0 Å². The zero-order valence-electron chi connectivity index (χ0n) is 17.4. The second-order valence-electron chi connectivity index (χ2n) is 7.84.